The quantitative estimate of drug-likeness (QED) is 0.897. The van der Waals surface area contributed by atoms with Gasteiger partial charge in [-0.25, -0.2) is 4.98 Å². The van der Waals surface area contributed by atoms with E-state index in [0.29, 0.717) is 24.2 Å². The van der Waals surface area contributed by atoms with E-state index in [4.69, 9.17) is 4.98 Å². The van der Waals surface area contributed by atoms with Crippen molar-refractivity contribution in [3.05, 3.63) is 29.6 Å². The van der Waals surface area contributed by atoms with Crippen LogP contribution in [0, 0.1) is 11.8 Å². The molecule has 0 bridgehead atoms. The highest BCUT2D eigenvalue weighted by atomic mass is 16.2. The molecule has 2 atom stereocenters. The van der Waals surface area contributed by atoms with Gasteiger partial charge in [0.15, 0.2) is 5.82 Å². The molecule has 7 nitrogen and oxygen atoms in total. The lowest BCUT2D eigenvalue weighted by atomic mass is 9.91. The molecule has 25 heavy (non-hydrogen) atoms. The number of hydrogen-bond acceptors (Lipinski definition) is 4. The van der Waals surface area contributed by atoms with Gasteiger partial charge >= 0.3 is 0 Å². The number of carbonyl (C=O) groups is 1. The highest BCUT2D eigenvalue weighted by Gasteiger charge is 2.45. The van der Waals surface area contributed by atoms with Gasteiger partial charge < -0.3 is 4.90 Å². The van der Waals surface area contributed by atoms with Gasteiger partial charge in [0.25, 0.3) is 0 Å². The summed E-state index contributed by atoms with van der Waals surface area (Å²) in [6, 6.07) is 1.92. The molecule has 0 unspecified atom stereocenters. The normalized spacial score (nSPS) is 26.4. The van der Waals surface area contributed by atoms with E-state index in [1.54, 1.807) is 4.68 Å². The van der Waals surface area contributed by atoms with Crippen molar-refractivity contribution in [2.45, 2.75) is 43.9 Å². The average molecular weight is 340 g/mol. The molecule has 2 saturated carbocycles. The average Bonchev–Trinajstić information content (AvgIpc) is 3.49. The van der Waals surface area contributed by atoms with Gasteiger partial charge in [-0.2, -0.15) is 10.2 Å². The number of nitrogens with one attached hydrogen (secondary N) is 1. The third kappa shape index (κ3) is 2.96. The zero-order valence-corrected chi connectivity index (χ0v) is 14.6. The molecule has 1 saturated heterocycles. The van der Waals surface area contributed by atoms with Crippen LogP contribution in [0.3, 0.4) is 0 Å². The molecule has 0 radical (unpaired) electrons. The molecule has 1 aliphatic heterocycles. The SMILES string of the molecule is Cn1ccc(CC(=O)N2C[C@H](c3nc(C4CC4)n[nH]3)[C@@H](C3CC3)C2)n1. The van der Waals surface area contributed by atoms with Crippen LogP contribution in [0.4, 0.5) is 0 Å². The molecule has 3 aliphatic rings. The number of aryl methyl sites for hydroxylation is 1. The molecule has 3 heterocycles. The van der Waals surface area contributed by atoms with E-state index in [9.17, 15) is 4.79 Å². The van der Waals surface area contributed by atoms with Crippen LogP contribution in [0.5, 0.6) is 0 Å². The van der Waals surface area contributed by atoms with E-state index in [1.165, 1.54) is 25.7 Å². The molecule has 132 valence electrons. The van der Waals surface area contributed by atoms with Gasteiger partial charge in [0.2, 0.25) is 5.91 Å². The van der Waals surface area contributed by atoms with E-state index in [-0.39, 0.29) is 5.91 Å². The number of hydrogen-bond donors (Lipinski definition) is 1. The maximum Gasteiger partial charge on any atom is 0.228 e. The van der Waals surface area contributed by atoms with Crippen LogP contribution in [0.25, 0.3) is 0 Å². The van der Waals surface area contributed by atoms with E-state index >= 15 is 0 Å². The Morgan fingerprint density at radius 2 is 2.12 bits per heavy atom. The molecule has 7 heteroatoms. The van der Waals surface area contributed by atoms with Gasteiger partial charge in [-0.1, -0.05) is 0 Å². The predicted molar refractivity (Wildman–Crippen MR) is 90.8 cm³/mol. The van der Waals surface area contributed by atoms with Crippen LogP contribution in [-0.4, -0.2) is 48.9 Å². The molecule has 5 rings (SSSR count). The topological polar surface area (TPSA) is 79.7 Å². The molecule has 3 fully saturated rings. The molecule has 1 amide bonds. The first-order chi connectivity index (χ1) is 12.2. The number of carbonyl (C=O) groups excluding carboxylic acids is 1. The van der Waals surface area contributed by atoms with Crippen molar-refractivity contribution in [1.29, 1.82) is 0 Å². The largest absolute Gasteiger partial charge is 0.341 e. The van der Waals surface area contributed by atoms with Crippen LogP contribution in [0.1, 0.15) is 54.9 Å². The number of amides is 1. The third-order valence-electron chi connectivity index (χ3n) is 5.86. The van der Waals surface area contributed by atoms with Crippen LogP contribution >= 0.6 is 0 Å². The summed E-state index contributed by atoms with van der Waals surface area (Å²) in [7, 11) is 1.88. The highest BCUT2D eigenvalue weighted by Crippen LogP contribution is 2.47. The Labute approximate surface area is 146 Å². The van der Waals surface area contributed by atoms with Crippen molar-refractivity contribution in [1.82, 2.24) is 29.9 Å². The first-order valence-electron chi connectivity index (χ1n) is 9.36. The van der Waals surface area contributed by atoms with Crippen molar-refractivity contribution in [3.8, 4) is 0 Å². The summed E-state index contributed by atoms with van der Waals surface area (Å²) in [5.74, 6) is 4.27. The second-order valence-electron chi connectivity index (χ2n) is 7.92. The highest BCUT2D eigenvalue weighted by molar-refractivity contribution is 5.78. The molecule has 0 aromatic carbocycles. The van der Waals surface area contributed by atoms with Gasteiger partial charge in [0.1, 0.15) is 5.82 Å². The van der Waals surface area contributed by atoms with Crippen molar-refractivity contribution >= 4 is 5.91 Å². The molecular formula is C18H24N6O. The van der Waals surface area contributed by atoms with E-state index in [2.05, 4.69) is 15.3 Å². The number of aromatic nitrogens is 5. The van der Waals surface area contributed by atoms with E-state index in [1.807, 2.05) is 24.2 Å². The van der Waals surface area contributed by atoms with Crippen molar-refractivity contribution in [2.75, 3.05) is 13.1 Å². The smallest absolute Gasteiger partial charge is 0.228 e. The molecule has 1 N–H and O–H groups in total. The van der Waals surface area contributed by atoms with Crippen molar-refractivity contribution < 1.29 is 4.79 Å². The number of nitrogens with zero attached hydrogens (tertiary/aromatic N) is 5. The zero-order chi connectivity index (χ0) is 17.0. The van der Waals surface area contributed by atoms with Gasteiger partial charge in [-0.15, -0.1) is 0 Å². The molecular weight excluding hydrogens is 316 g/mol. The van der Waals surface area contributed by atoms with Crippen LogP contribution in [0.2, 0.25) is 0 Å². The lowest BCUT2D eigenvalue weighted by Crippen LogP contribution is -2.30. The Morgan fingerprint density at radius 3 is 2.80 bits per heavy atom. The summed E-state index contributed by atoms with van der Waals surface area (Å²) in [4.78, 5) is 19.5. The molecule has 2 aromatic rings. The van der Waals surface area contributed by atoms with Gasteiger partial charge in [0, 0.05) is 38.2 Å². The van der Waals surface area contributed by atoms with Crippen molar-refractivity contribution in [2.24, 2.45) is 18.9 Å². The monoisotopic (exact) mass is 340 g/mol. The summed E-state index contributed by atoms with van der Waals surface area (Å²) < 4.78 is 1.75. The summed E-state index contributed by atoms with van der Waals surface area (Å²) in [5, 5.41) is 11.9. The number of rotatable bonds is 5. The van der Waals surface area contributed by atoms with Crippen LogP contribution < -0.4 is 0 Å². The Balaban J connectivity index is 1.31. The molecule has 0 spiro atoms. The minimum Gasteiger partial charge on any atom is -0.341 e. The second-order valence-corrected chi connectivity index (χ2v) is 7.92. The number of aromatic amines is 1. The maximum atomic E-state index is 12.7. The van der Waals surface area contributed by atoms with Crippen LogP contribution in [-0.2, 0) is 18.3 Å². The van der Waals surface area contributed by atoms with Gasteiger partial charge in [-0.05, 0) is 43.6 Å². The fourth-order valence-electron chi connectivity index (χ4n) is 4.13. The third-order valence-corrected chi connectivity index (χ3v) is 5.86. The van der Waals surface area contributed by atoms with Gasteiger partial charge in [0.05, 0.1) is 12.1 Å². The Bertz CT molecular complexity index is 787. The zero-order valence-electron chi connectivity index (χ0n) is 14.6. The molecule has 2 aliphatic carbocycles. The fraction of sp³-hybridized carbons (Fsp3) is 0.667. The fourth-order valence-corrected chi connectivity index (χ4v) is 4.13. The minimum atomic E-state index is 0.175. The lowest BCUT2D eigenvalue weighted by Gasteiger charge is -2.15. The minimum absolute atomic E-state index is 0.175. The first-order valence-corrected chi connectivity index (χ1v) is 9.36. The predicted octanol–water partition coefficient (Wildman–Crippen LogP) is 1.61. The summed E-state index contributed by atoms with van der Waals surface area (Å²) in [6.07, 6.45) is 7.26. The molecule has 2 aromatic heterocycles. The second kappa shape index (κ2) is 5.68. The summed E-state index contributed by atoms with van der Waals surface area (Å²) in [6.45, 7) is 1.60. The number of likely N-dealkylation sites (tertiary alicyclic amines) is 1. The van der Waals surface area contributed by atoms with E-state index < -0.39 is 0 Å². The van der Waals surface area contributed by atoms with Crippen LogP contribution in [0.15, 0.2) is 12.3 Å². The summed E-state index contributed by atoms with van der Waals surface area (Å²) >= 11 is 0. The Kier molecular flexibility index (Phi) is 3.43. The standard InChI is InChI=1S/C18H24N6O/c1-23-7-6-13(22-23)8-16(25)24-9-14(11-2-3-11)15(10-24)18-19-17(20-21-18)12-4-5-12/h6-7,11-12,14-15H,2-5,8-10H2,1H3,(H,19,20,21)/t14-,15+/m1/s1. The summed E-state index contributed by atoms with van der Waals surface area (Å²) in [5.41, 5.74) is 0.842. The first kappa shape index (κ1) is 15.1. The van der Waals surface area contributed by atoms with E-state index in [0.717, 1.165) is 36.4 Å². The Morgan fingerprint density at radius 1 is 1.28 bits per heavy atom. The number of H-pyrrole nitrogens is 1. The maximum absolute atomic E-state index is 12.7. The van der Waals surface area contributed by atoms with Gasteiger partial charge in [-0.3, -0.25) is 14.6 Å². The van der Waals surface area contributed by atoms with Crippen molar-refractivity contribution in [3.63, 3.8) is 0 Å². The lowest BCUT2D eigenvalue weighted by molar-refractivity contribution is -0.129. The Hall–Kier alpha value is -2.18.